The van der Waals surface area contributed by atoms with Crippen LogP contribution in [-0.2, 0) is 57.0 Å². The molecule has 258 valence electrons. The van der Waals surface area contributed by atoms with Crippen molar-refractivity contribution in [2.45, 2.75) is 134 Å². The summed E-state index contributed by atoms with van der Waals surface area (Å²) in [6.07, 6.45) is -6.94. The molecule has 1 N–H and O–H groups in total. The van der Waals surface area contributed by atoms with Crippen LogP contribution < -0.4 is 0 Å². The minimum Gasteiger partial charge on any atom is -0.467 e. The van der Waals surface area contributed by atoms with E-state index in [9.17, 15) is 25.0 Å². The zero-order chi connectivity index (χ0) is 33.4. The number of hydrogen-bond donors (Lipinski definition) is 1. The van der Waals surface area contributed by atoms with E-state index < -0.39 is 79.3 Å². The molecule has 0 aromatic heterocycles. The van der Waals surface area contributed by atoms with E-state index >= 15 is 0 Å². The maximum atomic E-state index is 13.0. The number of nitrogens with zero attached hydrogens (tertiary/aromatic N) is 3. The summed E-state index contributed by atoms with van der Waals surface area (Å²) in [5.41, 5.74) is 9.38. The molecule has 0 bridgehead atoms. The summed E-state index contributed by atoms with van der Waals surface area (Å²) >= 11 is 0. The molecule has 2 fully saturated rings. The van der Waals surface area contributed by atoms with Crippen LogP contribution in [0, 0.1) is 0 Å². The molecule has 16 nitrogen and oxygen atoms in total. The Hall–Kier alpha value is -2.56. The fourth-order valence-corrected chi connectivity index (χ4v) is 4.89. The molecule has 10 atom stereocenters. The Morgan fingerprint density at radius 2 is 1.40 bits per heavy atom. The third-order valence-corrected chi connectivity index (χ3v) is 7.20. The van der Waals surface area contributed by atoms with Gasteiger partial charge in [0.05, 0.1) is 7.11 Å². The Labute approximate surface area is 263 Å². The van der Waals surface area contributed by atoms with Gasteiger partial charge in [-0.25, -0.2) is 4.79 Å². The Morgan fingerprint density at radius 3 is 1.91 bits per heavy atom. The highest BCUT2D eigenvalue weighted by molar-refractivity contribution is 5.75. The van der Waals surface area contributed by atoms with Crippen molar-refractivity contribution in [1.82, 2.24) is 0 Å². The summed E-state index contributed by atoms with van der Waals surface area (Å²) in [7, 11) is 1.20. The van der Waals surface area contributed by atoms with Gasteiger partial charge in [-0.15, -0.1) is 0 Å². The first-order chi connectivity index (χ1) is 21.6. The molecule has 2 saturated heterocycles. The highest BCUT2D eigenvalue weighted by atomic mass is 16.8. The first-order valence-corrected chi connectivity index (χ1v) is 15.5. The van der Waals surface area contributed by atoms with E-state index in [0.29, 0.717) is 19.3 Å². The second-order valence-electron chi connectivity index (χ2n) is 10.8. The number of azide groups is 1. The molecule has 2 rings (SSSR count). The number of aliphatic hydroxyl groups is 1. The summed E-state index contributed by atoms with van der Waals surface area (Å²) < 4.78 is 52.0. The summed E-state index contributed by atoms with van der Waals surface area (Å²) in [5.74, 6) is -2.11. The van der Waals surface area contributed by atoms with Gasteiger partial charge in [0.15, 0.2) is 12.4 Å². The fraction of sp³-hybridized carbons (Fsp3) is 0.897. The van der Waals surface area contributed by atoms with Crippen molar-refractivity contribution in [3.8, 4) is 0 Å². The van der Waals surface area contributed by atoms with Crippen LogP contribution in [0.1, 0.15) is 73.1 Å². The number of methoxy groups -OCH3 is 1. The number of carbonyl (C=O) groups excluding carboxylic acids is 3. The monoisotopic (exact) mass is 647 g/mol. The van der Waals surface area contributed by atoms with E-state index in [4.69, 9.17) is 42.6 Å². The second kappa shape index (κ2) is 20.5. The highest BCUT2D eigenvalue weighted by Gasteiger charge is 2.55. The summed E-state index contributed by atoms with van der Waals surface area (Å²) in [5, 5.41) is 15.4. The van der Waals surface area contributed by atoms with Crippen LogP contribution in [0.5, 0.6) is 0 Å². The first-order valence-electron chi connectivity index (χ1n) is 15.5. The number of unbranched alkanes of at least 4 members (excludes halogenated alkanes) is 3. The SMILES string of the molecule is CCCCOC1[C@H](N=[N+]=[N-])C(OC(C)=O)OC(COC(C)=O)[C@@H]1O[C@@H]1OC(C(=O)OC)[C@@H](OCCCC)C(OCCCC)[C@@H]1O. The Balaban J connectivity index is 2.54. The number of ether oxygens (including phenoxy) is 9. The Morgan fingerprint density at radius 1 is 0.822 bits per heavy atom. The van der Waals surface area contributed by atoms with Crippen molar-refractivity contribution < 1.29 is 62.1 Å². The Bertz CT molecular complexity index is 966. The van der Waals surface area contributed by atoms with E-state index in [0.717, 1.165) is 26.2 Å². The number of carbonyl (C=O) groups is 3. The summed E-state index contributed by atoms with van der Waals surface area (Å²) in [6, 6.07) is -1.24. The van der Waals surface area contributed by atoms with Crippen LogP contribution in [0.3, 0.4) is 0 Å². The second-order valence-corrected chi connectivity index (χ2v) is 10.8. The molecule has 0 spiro atoms. The van der Waals surface area contributed by atoms with Gasteiger partial charge < -0.3 is 47.7 Å². The number of hydrogen-bond acceptors (Lipinski definition) is 14. The number of aliphatic hydroxyl groups excluding tert-OH is 1. The molecule has 0 aromatic rings. The molecule has 2 aliphatic heterocycles. The largest absolute Gasteiger partial charge is 0.467 e. The van der Waals surface area contributed by atoms with Gasteiger partial charge in [-0.2, -0.15) is 0 Å². The molecule has 45 heavy (non-hydrogen) atoms. The van der Waals surface area contributed by atoms with Gasteiger partial charge in [0, 0.05) is 38.6 Å². The molecular formula is C29H49N3O13. The topological polar surface area (TPSA) is 203 Å². The smallest absolute Gasteiger partial charge is 0.337 e. The van der Waals surface area contributed by atoms with Crippen molar-refractivity contribution in [2.75, 3.05) is 33.5 Å². The fourth-order valence-electron chi connectivity index (χ4n) is 4.89. The standard InChI is InChI=1S/C29H49N3O13/c1-7-10-13-38-23-20(31-32-30)28(42-18(5)34)43-19(16-41-17(4)33)22(23)44-29-21(35)24(39-14-11-8-2)25(40-15-12-9-3)26(45-29)27(36)37-6/h19-26,28-29,35H,7-16H2,1-6H3/t19?,20-,21-,22-,23?,24?,25-,26?,28?,29+/m0/s1. The zero-order valence-corrected chi connectivity index (χ0v) is 27.0. The van der Waals surface area contributed by atoms with E-state index in [1.165, 1.54) is 14.0 Å². The van der Waals surface area contributed by atoms with Gasteiger partial charge in [0.2, 0.25) is 6.29 Å². The van der Waals surface area contributed by atoms with Gasteiger partial charge in [-0.1, -0.05) is 45.1 Å². The maximum Gasteiger partial charge on any atom is 0.337 e. The third kappa shape index (κ3) is 11.6. The van der Waals surface area contributed by atoms with Gasteiger partial charge in [0.25, 0.3) is 0 Å². The quantitative estimate of drug-likeness (QED) is 0.0536. The van der Waals surface area contributed by atoms with Crippen LogP contribution in [0.4, 0.5) is 0 Å². The predicted octanol–water partition coefficient (Wildman–Crippen LogP) is 2.72. The van der Waals surface area contributed by atoms with Crippen LogP contribution in [0.15, 0.2) is 5.11 Å². The molecule has 0 saturated carbocycles. The maximum absolute atomic E-state index is 13.0. The van der Waals surface area contributed by atoms with Crippen molar-refractivity contribution in [2.24, 2.45) is 5.11 Å². The van der Waals surface area contributed by atoms with Crippen molar-refractivity contribution in [3.05, 3.63) is 10.4 Å². The van der Waals surface area contributed by atoms with Crippen LogP contribution in [0.25, 0.3) is 10.4 Å². The molecule has 0 radical (unpaired) electrons. The summed E-state index contributed by atoms with van der Waals surface area (Å²) in [4.78, 5) is 39.5. The zero-order valence-electron chi connectivity index (χ0n) is 27.0. The predicted molar refractivity (Wildman–Crippen MR) is 155 cm³/mol. The Kier molecular flexibility index (Phi) is 17.6. The molecule has 5 unspecified atom stereocenters. The lowest BCUT2D eigenvalue weighted by atomic mass is 9.95. The molecule has 16 heteroatoms. The minimum atomic E-state index is -1.53. The van der Waals surface area contributed by atoms with E-state index in [1.54, 1.807) is 0 Å². The molecule has 2 aliphatic rings. The van der Waals surface area contributed by atoms with Gasteiger partial charge in [-0.05, 0) is 24.8 Å². The lowest BCUT2D eigenvalue weighted by Gasteiger charge is -2.48. The van der Waals surface area contributed by atoms with Gasteiger partial charge in [-0.3, -0.25) is 9.59 Å². The normalized spacial score (nSPS) is 31.4. The lowest BCUT2D eigenvalue weighted by Crippen LogP contribution is -2.66. The molecular weight excluding hydrogens is 598 g/mol. The van der Waals surface area contributed by atoms with Crippen LogP contribution in [-0.4, -0.2) is 118 Å². The number of esters is 3. The van der Waals surface area contributed by atoms with Gasteiger partial charge >= 0.3 is 17.9 Å². The average Bonchev–Trinajstić information content (AvgIpc) is 3.00. The van der Waals surface area contributed by atoms with Crippen LogP contribution in [0.2, 0.25) is 0 Å². The van der Waals surface area contributed by atoms with Crippen molar-refractivity contribution in [1.29, 1.82) is 0 Å². The summed E-state index contributed by atoms with van der Waals surface area (Å²) in [6.45, 7) is 8.64. The molecule has 2 heterocycles. The molecule has 0 aliphatic carbocycles. The van der Waals surface area contributed by atoms with Crippen LogP contribution >= 0.6 is 0 Å². The van der Waals surface area contributed by atoms with E-state index in [-0.39, 0.29) is 26.4 Å². The minimum absolute atomic E-state index is 0.195. The third-order valence-electron chi connectivity index (χ3n) is 7.20. The van der Waals surface area contributed by atoms with E-state index in [2.05, 4.69) is 10.0 Å². The van der Waals surface area contributed by atoms with Crippen molar-refractivity contribution in [3.63, 3.8) is 0 Å². The number of rotatable bonds is 19. The first kappa shape index (κ1) is 38.6. The lowest BCUT2D eigenvalue weighted by molar-refractivity contribution is -0.348. The van der Waals surface area contributed by atoms with E-state index in [1.807, 2.05) is 20.8 Å². The van der Waals surface area contributed by atoms with Crippen molar-refractivity contribution >= 4 is 17.9 Å². The molecule has 0 amide bonds. The molecule has 0 aromatic carbocycles. The highest BCUT2D eigenvalue weighted by Crippen LogP contribution is 2.34. The van der Waals surface area contributed by atoms with Gasteiger partial charge in [0.1, 0.15) is 49.3 Å². The average molecular weight is 648 g/mol.